The van der Waals surface area contributed by atoms with Gasteiger partial charge in [-0.15, -0.1) is 0 Å². The molecule has 5 aromatic rings. The smallest absolute Gasteiger partial charge is 0.224 e. The number of carbonyl (C=O) groups excluding carboxylic acids is 1. The molecule has 6 heteroatoms. The number of para-hydroxylation sites is 1. The second kappa shape index (κ2) is 10.2. The maximum absolute atomic E-state index is 14.0. The highest BCUT2D eigenvalue weighted by molar-refractivity contribution is 5.92. The molecule has 2 heterocycles. The van der Waals surface area contributed by atoms with E-state index in [2.05, 4.69) is 15.3 Å². The Morgan fingerprint density at radius 3 is 2.46 bits per heavy atom. The Labute approximate surface area is 202 Å². The molecule has 174 valence electrons. The number of benzene rings is 3. The van der Waals surface area contributed by atoms with E-state index in [0.29, 0.717) is 30.7 Å². The zero-order valence-electron chi connectivity index (χ0n) is 19.0. The standard InChI is InChI=1S/C29H24FN3O2/c30-20-12-17-26-25(19-20)24(29(33-26)27-10-4-5-18-31-27)9-6-11-28(34)32-21-13-15-23(16-14-21)35-22-7-2-1-3-8-22/h1-5,7-8,10,12-19,33H,6,9,11H2,(H,32,34). The van der Waals surface area contributed by atoms with Crippen molar-refractivity contribution in [1.29, 1.82) is 0 Å². The van der Waals surface area contributed by atoms with Gasteiger partial charge in [0.1, 0.15) is 17.3 Å². The van der Waals surface area contributed by atoms with E-state index in [0.717, 1.165) is 33.6 Å². The van der Waals surface area contributed by atoms with Gasteiger partial charge >= 0.3 is 0 Å². The van der Waals surface area contributed by atoms with E-state index in [1.807, 2.05) is 72.8 Å². The van der Waals surface area contributed by atoms with E-state index in [1.54, 1.807) is 12.3 Å². The second-order valence-corrected chi connectivity index (χ2v) is 8.22. The Kier molecular flexibility index (Phi) is 6.52. The highest BCUT2D eigenvalue weighted by atomic mass is 19.1. The first kappa shape index (κ1) is 22.3. The zero-order chi connectivity index (χ0) is 24.0. The van der Waals surface area contributed by atoms with E-state index in [-0.39, 0.29) is 11.7 Å². The van der Waals surface area contributed by atoms with Gasteiger partial charge in [-0.2, -0.15) is 0 Å². The number of hydrogen-bond donors (Lipinski definition) is 2. The monoisotopic (exact) mass is 465 g/mol. The van der Waals surface area contributed by atoms with Crippen LogP contribution in [0.15, 0.2) is 97.2 Å². The molecule has 0 fully saturated rings. The van der Waals surface area contributed by atoms with Crippen LogP contribution >= 0.6 is 0 Å². The number of aromatic nitrogens is 2. The van der Waals surface area contributed by atoms with Crippen molar-refractivity contribution in [2.75, 3.05) is 5.32 Å². The number of aromatic amines is 1. The van der Waals surface area contributed by atoms with Crippen LogP contribution in [0.5, 0.6) is 11.5 Å². The summed E-state index contributed by atoms with van der Waals surface area (Å²) in [5.41, 5.74) is 4.18. The van der Waals surface area contributed by atoms with Crippen LogP contribution < -0.4 is 10.1 Å². The lowest BCUT2D eigenvalue weighted by atomic mass is 10.0. The van der Waals surface area contributed by atoms with Gasteiger partial charge in [-0.25, -0.2) is 4.39 Å². The summed E-state index contributed by atoms with van der Waals surface area (Å²) in [5, 5.41) is 3.75. The molecule has 0 aliphatic carbocycles. The van der Waals surface area contributed by atoms with Crippen molar-refractivity contribution in [2.24, 2.45) is 0 Å². The summed E-state index contributed by atoms with van der Waals surface area (Å²) in [7, 11) is 0. The third-order valence-corrected chi connectivity index (χ3v) is 5.74. The number of nitrogens with zero attached hydrogens (tertiary/aromatic N) is 1. The first-order valence-corrected chi connectivity index (χ1v) is 11.5. The van der Waals surface area contributed by atoms with E-state index >= 15 is 0 Å². The van der Waals surface area contributed by atoms with Crippen LogP contribution in [0, 0.1) is 5.82 Å². The van der Waals surface area contributed by atoms with Gasteiger partial charge in [0.05, 0.1) is 11.4 Å². The molecule has 0 aliphatic rings. The Balaban J connectivity index is 1.22. The van der Waals surface area contributed by atoms with Crippen LogP contribution in [0.2, 0.25) is 0 Å². The van der Waals surface area contributed by atoms with Crippen LogP contribution in [0.1, 0.15) is 18.4 Å². The van der Waals surface area contributed by atoms with E-state index in [4.69, 9.17) is 4.74 Å². The molecule has 0 saturated carbocycles. The topological polar surface area (TPSA) is 67.0 Å². The van der Waals surface area contributed by atoms with Crippen molar-refractivity contribution in [3.8, 4) is 22.9 Å². The lowest BCUT2D eigenvalue weighted by Gasteiger charge is -2.09. The molecule has 5 rings (SSSR count). The largest absolute Gasteiger partial charge is 0.457 e. The maximum atomic E-state index is 14.0. The fourth-order valence-corrected chi connectivity index (χ4v) is 4.09. The third-order valence-electron chi connectivity index (χ3n) is 5.74. The van der Waals surface area contributed by atoms with Gasteiger partial charge in [0.15, 0.2) is 0 Å². The molecule has 2 aromatic heterocycles. The highest BCUT2D eigenvalue weighted by Crippen LogP contribution is 2.31. The normalized spacial score (nSPS) is 10.9. The Morgan fingerprint density at radius 2 is 1.69 bits per heavy atom. The molecule has 2 N–H and O–H groups in total. The summed E-state index contributed by atoms with van der Waals surface area (Å²) in [6.07, 6.45) is 3.30. The Bertz CT molecular complexity index is 1430. The molecular formula is C29H24FN3O2. The Morgan fingerprint density at radius 1 is 0.914 bits per heavy atom. The molecule has 0 unspecified atom stereocenters. The van der Waals surface area contributed by atoms with Crippen molar-refractivity contribution in [2.45, 2.75) is 19.3 Å². The van der Waals surface area contributed by atoms with Gasteiger partial charge in [0, 0.05) is 29.2 Å². The van der Waals surface area contributed by atoms with Crippen molar-refractivity contribution >= 4 is 22.5 Å². The number of halogens is 1. The van der Waals surface area contributed by atoms with Crippen LogP contribution in [0.25, 0.3) is 22.3 Å². The summed E-state index contributed by atoms with van der Waals surface area (Å²) in [5.74, 6) is 1.09. The predicted molar refractivity (Wildman–Crippen MR) is 136 cm³/mol. The maximum Gasteiger partial charge on any atom is 0.224 e. The number of H-pyrrole nitrogens is 1. The number of amides is 1. The van der Waals surface area contributed by atoms with Gasteiger partial charge in [0.25, 0.3) is 0 Å². The molecular weight excluding hydrogens is 441 g/mol. The fourth-order valence-electron chi connectivity index (χ4n) is 4.09. The molecule has 0 radical (unpaired) electrons. The average Bonchev–Trinajstić information content (AvgIpc) is 3.24. The summed E-state index contributed by atoms with van der Waals surface area (Å²) in [4.78, 5) is 20.4. The molecule has 0 atom stereocenters. The molecule has 1 amide bonds. The quantitative estimate of drug-likeness (QED) is 0.256. The van der Waals surface area contributed by atoms with E-state index in [1.165, 1.54) is 12.1 Å². The molecule has 0 saturated heterocycles. The molecule has 3 aromatic carbocycles. The van der Waals surface area contributed by atoms with Crippen molar-refractivity contribution < 1.29 is 13.9 Å². The fraction of sp³-hybridized carbons (Fsp3) is 0.103. The molecule has 0 spiro atoms. The number of anilines is 1. The predicted octanol–water partition coefficient (Wildman–Crippen LogP) is 7.12. The van der Waals surface area contributed by atoms with Crippen molar-refractivity contribution in [1.82, 2.24) is 9.97 Å². The van der Waals surface area contributed by atoms with Crippen LogP contribution in [0.3, 0.4) is 0 Å². The number of fused-ring (bicyclic) bond motifs is 1. The second-order valence-electron chi connectivity index (χ2n) is 8.22. The van der Waals surface area contributed by atoms with E-state index < -0.39 is 0 Å². The summed E-state index contributed by atoms with van der Waals surface area (Å²) < 4.78 is 19.8. The van der Waals surface area contributed by atoms with Gasteiger partial charge in [-0.1, -0.05) is 24.3 Å². The number of nitrogens with one attached hydrogen (secondary N) is 2. The first-order valence-electron chi connectivity index (χ1n) is 11.5. The minimum absolute atomic E-state index is 0.0767. The van der Waals surface area contributed by atoms with Gasteiger partial charge in [-0.3, -0.25) is 9.78 Å². The lowest BCUT2D eigenvalue weighted by Crippen LogP contribution is -2.11. The molecule has 35 heavy (non-hydrogen) atoms. The van der Waals surface area contributed by atoms with Crippen molar-refractivity contribution in [3.05, 3.63) is 109 Å². The summed E-state index contributed by atoms with van der Waals surface area (Å²) in [6, 6.07) is 27.2. The van der Waals surface area contributed by atoms with Gasteiger partial charge < -0.3 is 15.0 Å². The zero-order valence-corrected chi connectivity index (χ0v) is 19.0. The lowest BCUT2D eigenvalue weighted by molar-refractivity contribution is -0.116. The third kappa shape index (κ3) is 5.38. The SMILES string of the molecule is O=C(CCCc1c(-c2ccccn2)[nH]c2ccc(F)cc12)Nc1ccc(Oc2ccccc2)cc1. The van der Waals surface area contributed by atoms with Crippen molar-refractivity contribution in [3.63, 3.8) is 0 Å². The van der Waals surface area contributed by atoms with Gasteiger partial charge in [-0.05, 0) is 85.1 Å². The molecule has 5 nitrogen and oxygen atoms in total. The first-order chi connectivity index (χ1) is 17.2. The number of hydrogen-bond acceptors (Lipinski definition) is 3. The average molecular weight is 466 g/mol. The Hall–Kier alpha value is -4.45. The molecule has 0 bridgehead atoms. The van der Waals surface area contributed by atoms with E-state index in [9.17, 15) is 9.18 Å². The number of aryl methyl sites for hydroxylation is 1. The minimum atomic E-state index is -0.289. The molecule has 0 aliphatic heterocycles. The summed E-state index contributed by atoms with van der Waals surface area (Å²) >= 11 is 0. The number of rotatable bonds is 8. The number of carbonyl (C=O) groups is 1. The van der Waals surface area contributed by atoms with Crippen LogP contribution in [-0.2, 0) is 11.2 Å². The van der Waals surface area contributed by atoms with Gasteiger partial charge in [0.2, 0.25) is 5.91 Å². The number of ether oxygens (including phenoxy) is 1. The number of pyridine rings is 1. The van der Waals surface area contributed by atoms with Crippen LogP contribution in [0.4, 0.5) is 10.1 Å². The van der Waals surface area contributed by atoms with Crippen LogP contribution in [-0.4, -0.2) is 15.9 Å². The highest BCUT2D eigenvalue weighted by Gasteiger charge is 2.15. The summed E-state index contributed by atoms with van der Waals surface area (Å²) in [6.45, 7) is 0. The minimum Gasteiger partial charge on any atom is -0.457 e.